The summed E-state index contributed by atoms with van der Waals surface area (Å²) >= 11 is 0. The lowest BCUT2D eigenvalue weighted by atomic mass is 9.78. The first-order valence-electron chi connectivity index (χ1n) is 18.1. The second kappa shape index (κ2) is 18.1. The highest BCUT2D eigenvalue weighted by Gasteiger charge is 2.58. The molecule has 2 aliphatic carbocycles. The van der Waals surface area contributed by atoms with E-state index < -0.39 is 9.05 Å². The maximum atomic E-state index is 7.24. The molecule has 6 atom stereocenters. The minimum atomic E-state index is -3.95. The number of hydrogen-bond acceptors (Lipinski definition) is 6. The van der Waals surface area contributed by atoms with Crippen molar-refractivity contribution >= 4 is 9.05 Å². The molecule has 6 unspecified atom stereocenters. The minimum absolute atomic E-state index is 0.138. The Morgan fingerprint density at radius 3 is 1.32 bits per heavy atom. The molecule has 2 aromatic carbocycles. The van der Waals surface area contributed by atoms with E-state index in [4.69, 9.17) is 27.2 Å². The quantitative estimate of drug-likeness (QED) is 0.0898. The van der Waals surface area contributed by atoms with Crippen molar-refractivity contribution in [1.82, 2.24) is 0 Å². The third-order valence-electron chi connectivity index (χ3n) is 9.63. The second-order valence-electron chi connectivity index (χ2n) is 14.1. The SMILES string of the molecule is C=C(C)C1CCC(C)CC1O[Si](Oc1ccc(OCCCC)cc1)(Oc1ccc(OCCCC)cc1)OC1CC(C)CCC1C(=C)C. The third kappa shape index (κ3) is 11.2. The van der Waals surface area contributed by atoms with Crippen LogP contribution in [0.1, 0.15) is 106 Å². The Morgan fingerprint density at radius 1 is 0.617 bits per heavy atom. The molecule has 2 saturated carbocycles. The summed E-state index contributed by atoms with van der Waals surface area (Å²) in [4.78, 5) is 0. The first-order valence-corrected chi connectivity index (χ1v) is 19.7. The Bertz CT molecular complexity index is 1150. The maximum Gasteiger partial charge on any atom is 0.821 e. The summed E-state index contributed by atoms with van der Waals surface area (Å²) in [5, 5.41) is 0. The molecule has 2 fully saturated rings. The van der Waals surface area contributed by atoms with Crippen LogP contribution < -0.4 is 18.3 Å². The molecule has 2 aliphatic rings. The van der Waals surface area contributed by atoms with E-state index in [9.17, 15) is 0 Å². The summed E-state index contributed by atoms with van der Waals surface area (Å²) < 4.78 is 40.3. The lowest BCUT2D eigenvalue weighted by Gasteiger charge is -2.42. The average molecular weight is 665 g/mol. The molecule has 47 heavy (non-hydrogen) atoms. The van der Waals surface area contributed by atoms with E-state index in [2.05, 4.69) is 54.7 Å². The van der Waals surface area contributed by atoms with Crippen LogP contribution in [0.5, 0.6) is 23.0 Å². The van der Waals surface area contributed by atoms with Crippen LogP contribution in [-0.4, -0.2) is 34.5 Å². The Labute approximate surface area is 286 Å². The Hall–Kier alpha value is -2.74. The highest BCUT2D eigenvalue weighted by molar-refractivity contribution is 6.55. The molecular formula is C40H60O6Si. The van der Waals surface area contributed by atoms with Crippen molar-refractivity contribution in [3.8, 4) is 23.0 Å². The summed E-state index contributed by atoms with van der Waals surface area (Å²) in [6, 6.07) is 15.5. The van der Waals surface area contributed by atoms with Gasteiger partial charge in [0.2, 0.25) is 0 Å². The molecule has 0 heterocycles. The fourth-order valence-electron chi connectivity index (χ4n) is 6.73. The van der Waals surface area contributed by atoms with Crippen molar-refractivity contribution in [2.24, 2.45) is 23.7 Å². The average Bonchev–Trinajstić information content (AvgIpc) is 3.03. The Balaban J connectivity index is 1.74. The molecule has 0 radical (unpaired) electrons. The van der Waals surface area contributed by atoms with Gasteiger partial charge >= 0.3 is 9.05 Å². The van der Waals surface area contributed by atoms with Gasteiger partial charge in [-0.1, -0.05) is 64.8 Å². The third-order valence-corrected chi connectivity index (χ3v) is 11.8. The summed E-state index contributed by atoms with van der Waals surface area (Å²) in [6.07, 6.45) is 10.0. The Morgan fingerprint density at radius 2 is 0.979 bits per heavy atom. The maximum absolute atomic E-state index is 7.24. The summed E-state index contributed by atoms with van der Waals surface area (Å²) in [7, 11) is -3.95. The monoisotopic (exact) mass is 664 g/mol. The van der Waals surface area contributed by atoms with Gasteiger partial charge in [-0.15, -0.1) is 0 Å². The first-order chi connectivity index (χ1) is 22.6. The van der Waals surface area contributed by atoms with Crippen LogP contribution in [0.3, 0.4) is 0 Å². The van der Waals surface area contributed by atoms with Gasteiger partial charge in [0.05, 0.1) is 25.4 Å². The van der Waals surface area contributed by atoms with E-state index >= 15 is 0 Å². The standard InChI is InChI=1S/C40H60O6Si/c1-9-11-25-41-33-15-19-35(20-16-33)43-47(45-39-27-31(7)13-23-37(39)29(3)4,46-40-28-32(8)14-24-38(40)30(5)6)44-36-21-17-34(18-22-36)42-26-12-10-2/h15-22,31-32,37-40H,3,5,9-14,23-28H2,1-2,4,6-8H3. The van der Waals surface area contributed by atoms with Crippen LogP contribution in [-0.2, 0) is 8.85 Å². The lowest BCUT2D eigenvalue weighted by molar-refractivity contribution is -0.0631. The normalized spacial score (nSPS) is 24.7. The van der Waals surface area contributed by atoms with Crippen molar-refractivity contribution in [3.63, 3.8) is 0 Å². The van der Waals surface area contributed by atoms with Crippen LogP contribution in [0, 0.1) is 23.7 Å². The molecule has 0 aliphatic heterocycles. The summed E-state index contributed by atoms with van der Waals surface area (Å²) in [5.74, 6) is 4.30. The smallest absolute Gasteiger partial charge is 0.494 e. The Kier molecular flexibility index (Phi) is 14.3. The zero-order chi connectivity index (χ0) is 33.8. The van der Waals surface area contributed by atoms with Crippen molar-refractivity contribution in [1.29, 1.82) is 0 Å². The highest BCUT2D eigenvalue weighted by atomic mass is 28.4. The highest BCUT2D eigenvalue weighted by Crippen LogP contribution is 2.41. The van der Waals surface area contributed by atoms with E-state index in [-0.39, 0.29) is 24.0 Å². The van der Waals surface area contributed by atoms with E-state index in [1.807, 2.05) is 48.5 Å². The largest absolute Gasteiger partial charge is 0.821 e. The molecule has 0 bridgehead atoms. The van der Waals surface area contributed by atoms with Gasteiger partial charge in [-0.25, -0.2) is 0 Å². The fourth-order valence-corrected chi connectivity index (χ4v) is 9.13. The first kappa shape index (κ1) is 37.1. The lowest BCUT2D eigenvalue weighted by Crippen LogP contribution is -2.61. The summed E-state index contributed by atoms with van der Waals surface area (Å²) in [6.45, 7) is 23.2. The van der Waals surface area contributed by atoms with Crippen molar-refractivity contribution in [3.05, 3.63) is 72.8 Å². The number of ether oxygens (including phenoxy) is 2. The molecule has 0 amide bonds. The fraction of sp³-hybridized carbons (Fsp3) is 0.600. The van der Waals surface area contributed by atoms with Gasteiger partial charge in [-0.2, -0.15) is 0 Å². The predicted octanol–water partition coefficient (Wildman–Crippen LogP) is 10.7. The number of unbranched alkanes of at least 4 members (excludes halogenated alkanes) is 2. The van der Waals surface area contributed by atoms with Crippen LogP contribution in [0.25, 0.3) is 0 Å². The van der Waals surface area contributed by atoms with E-state index in [1.54, 1.807) is 0 Å². The minimum Gasteiger partial charge on any atom is -0.494 e. The van der Waals surface area contributed by atoms with Crippen molar-refractivity contribution < 1.29 is 27.2 Å². The number of benzene rings is 2. The van der Waals surface area contributed by atoms with Gasteiger partial charge in [-0.05, 0) is 126 Å². The van der Waals surface area contributed by atoms with Crippen molar-refractivity contribution in [2.75, 3.05) is 13.2 Å². The van der Waals surface area contributed by atoms with Crippen LogP contribution in [0.4, 0.5) is 0 Å². The van der Waals surface area contributed by atoms with Gasteiger partial charge in [0, 0.05) is 11.8 Å². The summed E-state index contributed by atoms with van der Waals surface area (Å²) in [5.41, 5.74) is 2.25. The molecule has 7 heteroatoms. The van der Waals surface area contributed by atoms with Crippen LogP contribution >= 0.6 is 0 Å². The van der Waals surface area contributed by atoms with E-state index in [1.165, 1.54) is 0 Å². The van der Waals surface area contributed by atoms with Crippen LogP contribution in [0.2, 0.25) is 0 Å². The van der Waals surface area contributed by atoms with Gasteiger partial charge in [0.15, 0.2) is 0 Å². The molecule has 0 spiro atoms. The van der Waals surface area contributed by atoms with Gasteiger partial charge in [0.25, 0.3) is 0 Å². The molecule has 4 rings (SSSR count). The molecule has 2 aromatic rings. The van der Waals surface area contributed by atoms with Gasteiger partial charge in [-0.3, -0.25) is 0 Å². The van der Waals surface area contributed by atoms with Gasteiger partial charge in [0.1, 0.15) is 23.0 Å². The molecular weight excluding hydrogens is 605 g/mol. The predicted molar refractivity (Wildman–Crippen MR) is 193 cm³/mol. The topological polar surface area (TPSA) is 55.4 Å². The number of rotatable bonds is 18. The molecule has 260 valence electrons. The molecule has 0 aromatic heterocycles. The second-order valence-corrected chi connectivity index (χ2v) is 16.0. The zero-order valence-electron chi connectivity index (χ0n) is 29.9. The van der Waals surface area contributed by atoms with Gasteiger partial charge < -0.3 is 27.2 Å². The van der Waals surface area contributed by atoms with Crippen molar-refractivity contribution in [2.45, 2.75) is 118 Å². The molecule has 6 nitrogen and oxygen atoms in total. The van der Waals surface area contributed by atoms with E-state index in [0.29, 0.717) is 36.5 Å². The molecule has 0 N–H and O–H groups in total. The zero-order valence-corrected chi connectivity index (χ0v) is 30.9. The number of hydrogen-bond donors (Lipinski definition) is 0. The molecule has 0 saturated heterocycles. The van der Waals surface area contributed by atoms with Crippen LogP contribution in [0.15, 0.2) is 72.8 Å². The van der Waals surface area contributed by atoms with E-state index in [0.717, 1.165) is 86.9 Å².